The lowest BCUT2D eigenvalue weighted by Gasteiger charge is -2.46. The summed E-state index contributed by atoms with van der Waals surface area (Å²) in [5.41, 5.74) is -0.103. The average molecular weight is 433 g/mol. The third-order valence-corrected chi connectivity index (χ3v) is 7.62. The molecule has 3 saturated heterocycles. The van der Waals surface area contributed by atoms with E-state index in [-0.39, 0.29) is 23.3 Å². The largest absolute Gasteiger partial charge is 0.342 e. The van der Waals surface area contributed by atoms with Crippen LogP contribution in [0, 0.1) is 10.8 Å². The fourth-order valence-electron chi connectivity index (χ4n) is 5.61. The number of hydrogen-bond donors (Lipinski definition) is 1. The number of rotatable bonds is 2. The van der Waals surface area contributed by atoms with Gasteiger partial charge in [-0.2, -0.15) is 0 Å². The number of benzene rings is 1. The molecule has 0 unspecified atom stereocenters. The van der Waals surface area contributed by atoms with Crippen molar-refractivity contribution in [2.75, 3.05) is 44.6 Å². The number of fused-ring (bicyclic) bond motifs is 1. The molecule has 0 aliphatic carbocycles. The topological polar surface area (TPSA) is 73.0 Å². The molecule has 0 aromatic heterocycles. The minimum absolute atomic E-state index is 0.0233. The van der Waals surface area contributed by atoms with Crippen LogP contribution in [0.1, 0.15) is 33.1 Å². The molecule has 3 heterocycles. The lowest BCUT2D eigenvalue weighted by molar-refractivity contribution is -0.141. The molecular formula is C22H29ClN4O3. The molecule has 4 rings (SSSR count). The second-order valence-corrected chi connectivity index (χ2v) is 9.24. The van der Waals surface area contributed by atoms with Gasteiger partial charge in [0.1, 0.15) is 0 Å². The van der Waals surface area contributed by atoms with Crippen molar-refractivity contribution in [1.82, 2.24) is 14.7 Å². The van der Waals surface area contributed by atoms with Gasteiger partial charge in [0.2, 0.25) is 11.8 Å². The summed E-state index contributed by atoms with van der Waals surface area (Å²) in [5, 5.41) is 3.48. The van der Waals surface area contributed by atoms with E-state index in [1.54, 1.807) is 30.0 Å². The fourth-order valence-corrected chi connectivity index (χ4v) is 5.80. The molecule has 30 heavy (non-hydrogen) atoms. The first-order valence-corrected chi connectivity index (χ1v) is 11.0. The maximum Gasteiger partial charge on any atom is 0.321 e. The van der Waals surface area contributed by atoms with Crippen LogP contribution in [-0.4, -0.2) is 71.8 Å². The van der Waals surface area contributed by atoms with Gasteiger partial charge in [-0.25, -0.2) is 4.79 Å². The first-order chi connectivity index (χ1) is 14.3. The van der Waals surface area contributed by atoms with Gasteiger partial charge in [0, 0.05) is 62.3 Å². The Balaban J connectivity index is 1.50. The van der Waals surface area contributed by atoms with Crippen molar-refractivity contribution in [2.24, 2.45) is 10.8 Å². The lowest BCUT2D eigenvalue weighted by Crippen LogP contribution is -2.54. The second-order valence-electron chi connectivity index (χ2n) is 8.80. The minimum atomic E-state index is -0.510. The van der Waals surface area contributed by atoms with E-state index in [1.165, 1.54) is 0 Å². The zero-order chi connectivity index (χ0) is 21.5. The molecule has 4 amide bonds. The van der Waals surface area contributed by atoms with Gasteiger partial charge in [-0.05, 0) is 44.4 Å². The zero-order valence-electron chi connectivity index (χ0n) is 17.6. The smallest absolute Gasteiger partial charge is 0.321 e. The number of halogens is 1. The summed E-state index contributed by atoms with van der Waals surface area (Å²) in [6, 6.07) is 6.93. The summed E-state index contributed by atoms with van der Waals surface area (Å²) in [6.07, 6.45) is 2.24. The number of nitrogens with one attached hydrogen (secondary N) is 1. The van der Waals surface area contributed by atoms with E-state index in [1.807, 2.05) is 22.8 Å². The van der Waals surface area contributed by atoms with Gasteiger partial charge in [-0.3, -0.25) is 9.59 Å². The van der Waals surface area contributed by atoms with Gasteiger partial charge in [0.15, 0.2) is 0 Å². The SMILES string of the molecule is CCN1CC[C@@]2(CN(C(C)=O)CC23CCN(C(=O)Nc2cccc(Cl)c2)CC3)C1=O. The molecule has 1 aromatic rings. The number of hydrogen-bond acceptors (Lipinski definition) is 3. The predicted octanol–water partition coefficient (Wildman–Crippen LogP) is 3.05. The maximum absolute atomic E-state index is 13.4. The second kappa shape index (κ2) is 7.76. The average Bonchev–Trinajstić information content (AvgIpc) is 3.21. The van der Waals surface area contributed by atoms with Crippen LogP contribution in [0.5, 0.6) is 0 Å². The fraction of sp³-hybridized carbons (Fsp3) is 0.591. The minimum Gasteiger partial charge on any atom is -0.342 e. The van der Waals surface area contributed by atoms with E-state index in [4.69, 9.17) is 11.6 Å². The molecule has 1 aromatic carbocycles. The Bertz CT molecular complexity index is 868. The normalized spacial score (nSPS) is 25.4. The molecule has 1 N–H and O–H groups in total. The summed E-state index contributed by atoms with van der Waals surface area (Å²) >= 11 is 6.01. The Kier molecular flexibility index (Phi) is 5.43. The van der Waals surface area contributed by atoms with Gasteiger partial charge >= 0.3 is 6.03 Å². The first kappa shape index (κ1) is 21.0. The number of piperidine rings is 1. The zero-order valence-corrected chi connectivity index (χ0v) is 18.4. The van der Waals surface area contributed by atoms with Crippen LogP contribution in [0.2, 0.25) is 5.02 Å². The van der Waals surface area contributed by atoms with E-state index >= 15 is 0 Å². The molecule has 2 spiro atoms. The number of carbonyl (C=O) groups is 3. The van der Waals surface area contributed by atoms with Crippen molar-refractivity contribution in [1.29, 1.82) is 0 Å². The van der Waals surface area contributed by atoms with Crippen LogP contribution >= 0.6 is 11.6 Å². The van der Waals surface area contributed by atoms with Crippen LogP contribution < -0.4 is 5.32 Å². The van der Waals surface area contributed by atoms with Crippen molar-refractivity contribution in [3.8, 4) is 0 Å². The summed E-state index contributed by atoms with van der Waals surface area (Å²) in [7, 11) is 0. The van der Waals surface area contributed by atoms with E-state index < -0.39 is 5.41 Å². The van der Waals surface area contributed by atoms with Crippen molar-refractivity contribution >= 4 is 35.1 Å². The highest BCUT2D eigenvalue weighted by Gasteiger charge is 2.65. The summed E-state index contributed by atoms with van der Waals surface area (Å²) < 4.78 is 0. The van der Waals surface area contributed by atoms with Crippen LogP contribution in [0.25, 0.3) is 0 Å². The molecule has 8 heteroatoms. The van der Waals surface area contributed by atoms with E-state index in [0.29, 0.717) is 43.4 Å². The lowest BCUT2D eigenvalue weighted by atomic mass is 9.60. The summed E-state index contributed by atoms with van der Waals surface area (Å²) in [4.78, 5) is 43.9. The number of urea groups is 1. The van der Waals surface area contributed by atoms with Crippen LogP contribution in [-0.2, 0) is 9.59 Å². The number of likely N-dealkylation sites (tertiary alicyclic amines) is 3. The van der Waals surface area contributed by atoms with Crippen LogP contribution in [0.3, 0.4) is 0 Å². The highest BCUT2D eigenvalue weighted by molar-refractivity contribution is 6.30. The van der Waals surface area contributed by atoms with E-state index in [9.17, 15) is 14.4 Å². The molecule has 0 radical (unpaired) electrons. The number of anilines is 1. The third kappa shape index (κ3) is 3.33. The summed E-state index contributed by atoms with van der Waals surface area (Å²) in [6.45, 7) is 7.29. The van der Waals surface area contributed by atoms with E-state index in [0.717, 1.165) is 25.8 Å². The Labute approximate surface area is 182 Å². The molecule has 0 bridgehead atoms. The number of carbonyl (C=O) groups excluding carboxylic acids is 3. The van der Waals surface area contributed by atoms with Gasteiger partial charge in [-0.15, -0.1) is 0 Å². The van der Waals surface area contributed by atoms with Crippen molar-refractivity contribution in [3.05, 3.63) is 29.3 Å². The molecular weight excluding hydrogens is 404 g/mol. The van der Waals surface area contributed by atoms with Crippen molar-refractivity contribution in [3.63, 3.8) is 0 Å². The molecule has 1 atom stereocenters. The highest BCUT2D eigenvalue weighted by atomic mass is 35.5. The van der Waals surface area contributed by atoms with Gasteiger partial charge in [-0.1, -0.05) is 17.7 Å². The standard InChI is InChI=1S/C22H29ClN4O3/c1-3-25-12-9-22(19(25)29)15-27(16(2)28)14-21(22)7-10-26(11-8-21)20(30)24-18-6-4-5-17(23)13-18/h4-6,13H,3,7-12,14-15H2,1-2H3,(H,24,30)/t22-/m1/s1. The molecule has 0 saturated carbocycles. The molecule has 7 nitrogen and oxygen atoms in total. The number of amides is 4. The quantitative estimate of drug-likeness (QED) is 0.780. The maximum atomic E-state index is 13.4. The van der Waals surface area contributed by atoms with Crippen LogP contribution in [0.15, 0.2) is 24.3 Å². The van der Waals surface area contributed by atoms with Gasteiger partial charge in [0.25, 0.3) is 0 Å². The Morgan fingerprint density at radius 3 is 2.43 bits per heavy atom. The monoisotopic (exact) mass is 432 g/mol. The van der Waals surface area contributed by atoms with Crippen molar-refractivity contribution < 1.29 is 14.4 Å². The Hall–Kier alpha value is -2.28. The van der Waals surface area contributed by atoms with Gasteiger partial charge in [0.05, 0.1) is 5.41 Å². The summed E-state index contributed by atoms with van der Waals surface area (Å²) in [5.74, 6) is 0.209. The predicted molar refractivity (Wildman–Crippen MR) is 115 cm³/mol. The van der Waals surface area contributed by atoms with E-state index in [2.05, 4.69) is 5.32 Å². The highest BCUT2D eigenvalue weighted by Crippen LogP contribution is 2.57. The molecule has 3 aliphatic rings. The van der Waals surface area contributed by atoms with Crippen LogP contribution in [0.4, 0.5) is 10.5 Å². The van der Waals surface area contributed by atoms with Gasteiger partial charge < -0.3 is 20.0 Å². The number of nitrogens with zero attached hydrogens (tertiary/aromatic N) is 3. The Morgan fingerprint density at radius 2 is 1.83 bits per heavy atom. The molecule has 3 aliphatic heterocycles. The Morgan fingerprint density at radius 1 is 1.10 bits per heavy atom. The van der Waals surface area contributed by atoms with Crippen molar-refractivity contribution in [2.45, 2.75) is 33.1 Å². The molecule has 162 valence electrons. The molecule has 3 fully saturated rings. The third-order valence-electron chi connectivity index (χ3n) is 7.39. The first-order valence-electron chi connectivity index (χ1n) is 10.7.